The third-order valence-corrected chi connectivity index (χ3v) is 4.11. The van der Waals surface area contributed by atoms with E-state index in [1.807, 2.05) is 12.1 Å². The van der Waals surface area contributed by atoms with Crippen LogP contribution in [-0.4, -0.2) is 5.11 Å². The van der Waals surface area contributed by atoms with E-state index in [4.69, 9.17) is 0 Å². The number of fused-ring (bicyclic) bond motifs is 1. The number of aliphatic hydroxyl groups is 1. The topological polar surface area (TPSA) is 20.2 Å². The zero-order valence-corrected chi connectivity index (χ0v) is 11.0. The molecule has 0 aromatic heterocycles. The van der Waals surface area contributed by atoms with Crippen LogP contribution in [0.5, 0.6) is 0 Å². The molecule has 2 atom stereocenters. The SMILES string of the molecule is OC(c1ccc(F)cc1F)C1CCc2ccccc2C1. The molecule has 1 nitrogen and oxygen atoms in total. The van der Waals surface area contributed by atoms with Crippen LogP contribution in [0.4, 0.5) is 8.78 Å². The van der Waals surface area contributed by atoms with Crippen molar-refractivity contribution < 1.29 is 13.9 Å². The van der Waals surface area contributed by atoms with E-state index < -0.39 is 17.7 Å². The molecule has 3 heteroatoms. The predicted octanol–water partition coefficient (Wildman–Crippen LogP) is 3.80. The minimum absolute atomic E-state index is 0.0233. The molecule has 2 aromatic carbocycles. The summed E-state index contributed by atoms with van der Waals surface area (Å²) in [6.07, 6.45) is 1.55. The van der Waals surface area contributed by atoms with Gasteiger partial charge in [0, 0.05) is 11.6 Å². The number of halogens is 2. The lowest BCUT2D eigenvalue weighted by atomic mass is 9.79. The maximum Gasteiger partial charge on any atom is 0.131 e. The third kappa shape index (κ3) is 2.46. The molecule has 0 radical (unpaired) electrons. The molecular formula is C17H16F2O. The van der Waals surface area contributed by atoms with Crippen LogP contribution in [0.1, 0.15) is 29.2 Å². The maximum absolute atomic E-state index is 13.8. The van der Waals surface area contributed by atoms with Gasteiger partial charge < -0.3 is 5.11 Å². The molecule has 0 aliphatic heterocycles. The highest BCUT2D eigenvalue weighted by Gasteiger charge is 2.27. The minimum Gasteiger partial charge on any atom is -0.388 e. The molecule has 1 aliphatic rings. The quantitative estimate of drug-likeness (QED) is 0.883. The first-order valence-electron chi connectivity index (χ1n) is 6.85. The number of aryl methyl sites for hydroxylation is 1. The number of hydrogen-bond donors (Lipinski definition) is 1. The Kier molecular flexibility index (Phi) is 3.53. The molecule has 0 amide bonds. The summed E-state index contributed by atoms with van der Waals surface area (Å²) in [6.45, 7) is 0. The smallest absolute Gasteiger partial charge is 0.131 e. The van der Waals surface area contributed by atoms with Crippen molar-refractivity contribution >= 4 is 0 Å². The summed E-state index contributed by atoms with van der Waals surface area (Å²) in [6, 6.07) is 11.5. The first kappa shape index (κ1) is 13.3. The summed E-state index contributed by atoms with van der Waals surface area (Å²) >= 11 is 0. The van der Waals surface area contributed by atoms with Gasteiger partial charge in [0.05, 0.1) is 6.10 Å². The van der Waals surface area contributed by atoms with E-state index in [0.717, 1.165) is 25.3 Å². The standard InChI is InChI=1S/C17H16F2O/c18-14-7-8-15(16(19)10-14)17(20)13-6-5-11-3-1-2-4-12(11)9-13/h1-4,7-8,10,13,17,20H,5-6,9H2. The van der Waals surface area contributed by atoms with Gasteiger partial charge in [-0.25, -0.2) is 8.78 Å². The van der Waals surface area contributed by atoms with E-state index in [-0.39, 0.29) is 11.5 Å². The van der Waals surface area contributed by atoms with Gasteiger partial charge in [0.15, 0.2) is 0 Å². The van der Waals surface area contributed by atoms with Gasteiger partial charge in [-0.05, 0) is 42.4 Å². The molecule has 0 saturated carbocycles. The lowest BCUT2D eigenvalue weighted by molar-refractivity contribution is 0.0958. The van der Waals surface area contributed by atoms with Gasteiger partial charge in [0.1, 0.15) is 11.6 Å². The molecule has 0 bridgehead atoms. The second-order valence-electron chi connectivity index (χ2n) is 5.38. The molecule has 104 valence electrons. The fraction of sp³-hybridized carbons (Fsp3) is 0.294. The van der Waals surface area contributed by atoms with Crippen LogP contribution in [0.3, 0.4) is 0 Å². The molecule has 0 saturated heterocycles. The van der Waals surface area contributed by atoms with Crippen LogP contribution in [0.15, 0.2) is 42.5 Å². The first-order valence-corrected chi connectivity index (χ1v) is 6.85. The Morgan fingerprint density at radius 3 is 2.55 bits per heavy atom. The number of hydrogen-bond acceptors (Lipinski definition) is 1. The van der Waals surface area contributed by atoms with Crippen molar-refractivity contribution in [3.05, 3.63) is 70.8 Å². The zero-order chi connectivity index (χ0) is 14.1. The zero-order valence-electron chi connectivity index (χ0n) is 11.0. The van der Waals surface area contributed by atoms with Crippen molar-refractivity contribution in [2.75, 3.05) is 0 Å². The van der Waals surface area contributed by atoms with Crippen LogP contribution in [-0.2, 0) is 12.8 Å². The minimum atomic E-state index is -0.885. The second-order valence-corrected chi connectivity index (χ2v) is 5.38. The van der Waals surface area contributed by atoms with Crippen LogP contribution in [0.2, 0.25) is 0 Å². The summed E-state index contributed by atoms with van der Waals surface area (Å²) in [7, 11) is 0. The van der Waals surface area contributed by atoms with Crippen LogP contribution < -0.4 is 0 Å². The van der Waals surface area contributed by atoms with E-state index in [9.17, 15) is 13.9 Å². The fourth-order valence-corrected chi connectivity index (χ4v) is 2.99. The van der Waals surface area contributed by atoms with Gasteiger partial charge in [-0.2, -0.15) is 0 Å². The van der Waals surface area contributed by atoms with Crippen molar-refractivity contribution in [3.8, 4) is 0 Å². The molecule has 3 rings (SSSR count). The Hall–Kier alpha value is -1.74. The Morgan fingerprint density at radius 2 is 1.80 bits per heavy atom. The molecule has 1 N–H and O–H groups in total. The van der Waals surface area contributed by atoms with Crippen molar-refractivity contribution in [2.24, 2.45) is 5.92 Å². The van der Waals surface area contributed by atoms with E-state index in [2.05, 4.69) is 12.1 Å². The summed E-state index contributed by atoms with van der Waals surface area (Å²) in [5.74, 6) is -1.31. The number of aliphatic hydroxyl groups excluding tert-OH is 1. The number of benzene rings is 2. The normalized spacial score (nSPS) is 19.4. The lowest BCUT2D eigenvalue weighted by Gasteiger charge is -2.29. The fourth-order valence-electron chi connectivity index (χ4n) is 2.99. The average Bonchev–Trinajstić information content (AvgIpc) is 2.46. The Bertz CT molecular complexity index is 624. The molecule has 1 aliphatic carbocycles. The van der Waals surface area contributed by atoms with Crippen molar-refractivity contribution in [2.45, 2.75) is 25.4 Å². The Labute approximate surface area is 116 Å². The van der Waals surface area contributed by atoms with Gasteiger partial charge in [0.25, 0.3) is 0 Å². The summed E-state index contributed by atoms with van der Waals surface area (Å²) < 4.78 is 26.7. The predicted molar refractivity (Wildman–Crippen MR) is 73.3 cm³/mol. The van der Waals surface area contributed by atoms with E-state index >= 15 is 0 Å². The van der Waals surface area contributed by atoms with Crippen LogP contribution in [0.25, 0.3) is 0 Å². The lowest BCUT2D eigenvalue weighted by Crippen LogP contribution is -2.21. The first-order chi connectivity index (χ1) is 9.65. The van der Waals surface area contributed by atoms with Crippen molar-refractivity contribution in [3.63, 3.8) is 0 Å². The van der Waals surface area contributed by atoms with Gasteiger partial charge >= 0.3 is 0 Å². The molecule has 2 unspecified atom stereocenters. The Balaban J connectivity index is 1.84. The molecule has 2 aromatic rings. The van der Waals surface area contributed by atoms with E-state index in [1.165, 1.54) is 23.3 Å². The maximum atomic E-state index is 13.8. The highest BCUT2D eigenvalue weighted by atomic mass is 19.1. The van der Waals surface area contributed by atoms with E-state index in [0.29, 0.717) is 0 Å². The summed E-state index contributed by atoms with van der Waals surface area (Å²) in [5, 5.41) is 10.4. The van der Waals surface area contributed by atoms with Gasteiger partial charge in [0.2, 0.25) is 0 Å². The Morgan fingerprint density at radius 1 is 1.05 bits per heavy atom. The summed E-state index contributed by atoms with van der Waals surface area (Å²) in [5.41, 5.74) is 2.71. The van der Waals surface area contributed by atoms with Crippen LogP contribution in [0, 0.1) is 17.6 Å². The molecule has 0 spiro atoms. The van der Waals surface area contributed by atoms with Crippen LogP contribution >= 0.6 is 0 Å². The highest BCUT2D eigenvalue weighted by Crippen LogP contribution is 2.35. The monoisotopic (exact) mass is 274 g/mol. The average molecular weight is 274 g/mol. The molecular weight excluding hydrogens is 258 g/mol. The number of rotatable bonds is 2. The second kappa shape index (κ2) is 5.33. The van der Waals surface area contributed by atoms with Gasteiger partial charge in [-0.15, -0.1) is 0 Å². The van der Waals surface area contributed by atoms with Crippen molar-refractivity contribution in [1.82, 2.24) is 0 Å². The molecule has 0 heterocycles. The summed E-state index contributed by atoms with van der Waals surface area (Å²) in [4.78, 5) is 0. The largest absolute Gasteiger partial charge is 0.388 e. The van der Waals surface area contributed by atoms with Gasteiger partial charge in [-0.3, -0.25) is 0 Å². The third-order valence-electron chi connectivity index (χ3n) is 4.11. The highest BCUT2D eigenvalue weighted by molar-refractivity contribution is 5.31. The van der Waals surface area contributed by atoms with Crippen molar-refractivity contribution in [1.29, 1.82) is 0 Å². The van der Waals surface area contributed by atoms with Gasteiger partial charge in [-0.1, -0.05) is 30.3 Å². The molecule has 20 heavy (non-hydrogen) atoms. The molecule has 0 fully saturated rings. The van der Waals surface area contributed by atoms with E-state index in [1.54, 1.807) is 0 Å².